The Kier molecular flexibility index (Phi) is 13.5. The number of nitrogens with two attached hydrogens (primary N) is 1. The van der Waals surface area contributed by atoms with Gasteiger partial charge in [-0.15, -0.1) is 11.8 Å². The predicted molar refractivity (Wildman–Crippen MR) is 172 cm³/mol. The van der Waals surface area contributed by atoms with E-state index in [2.05, 4.69) is 83.6 Å². The van der Waals surface area contributed by atoms with Crippen LogP contribution in [0, 0.1) is 0 Å². The van der Waals surface area contributed by atoms with E-state index in [1.807, 2.05) is 49.1 Å². The van der Waals surface area contributed by atoms with Gasteiger partial charge in [0.15, 0.2) is 0 Å². The van der Waals surface area contributed by atoms with Gasteiger partial charge in [0.2, 0.25) is 5.91 Å². The molecular weight excluding hydrogens is 528 g/mol. The van der Waals surface area contributed by atoms with Crippen LogP contribution < -0.4 is 16.4 Å². The number of hydrogen-bond acceptors (Lipinski definition) is 4. The molecule has 3 aromatic carbocycles. The van der Waals surface area contributed by atoms with E-state index in [1.165, 1.54) is 11.1 Å². The first-order valence-electron chi connectivity index (χ1n) is 14.4. The smallest absolute Gasteiger partial charge is 0.318 e. The molecule has 2 atom stereocenters. The number of urea groups is 1. The number of nitrogens with one attached hydrogen (secondary N) is 2. The van der Waals surface area contributed by atoms with Crippen LogP contribution in [-0.2, 0) is 4.79 Å². The molecule has 218 valence electrons. The summed E-state index contributed by atoms with van der Waals surface area (Å²) in [5, 5.41) is 8.04. The highest BCUT2D eigenvalue weighted by Crippen LogP contribution is 2.28. The molecule has 0 heterocycles. The minimum absolute atomic E-state index is 0.0415. The fourth-order valence-electron chi connectivity index (χ4n) is 4.61. The number of hydrogen-bond donors (Lipinski definition) is 3. The zero-order chi connectivity index (χ0) is 29.5. The van der Waals surface area contributed by atoms with Gasteiger partial charge in [0, 0.05) is 38.0 Å². The first-order valence-corrected chi connectivity index (χ1v) is 15.3. The lowest BCUT2D eigenvalue weighted by Gasteiger charge is -2.27. The summed E-state index contributed by atoms with van der Waals surface area (Å²) in [5.41, 5.74) is 10.4. The van der Waals surface area contributed by atoms with E-state index in [-0.39, 0.29) is 29.3 Å². The average molecular weight is 573 g/mol. The molecule has 3 aromatic rings. The monoisotopic (exact) mass is 572 g/mol. The number of thioether (sulfide) groups is 1. The second kappa shape index (κ2) is 17.3. The van der Waals surface area contributed by atoms with Crippen molar-refractivity contribution in [3.05, 3.63) is 113 Å². The summed E-state index contributed by atoms with van der Waals surface area (Å²) in [6.07, 6.45) is 1.69. The molecule has 0 saturated heterocycles. The van der Waals surface area contributed by atoms with Crippen molar-refractivity contribution in [1.29, 1.82) is 0 Å². The number of carbonyl (C=O) groups is 2. The van der Waals surface area contributed by atoms with Gasteiger partial charge in [-0.05, 0) is 61.3 Å². The van der Waals surface area contributed by atoms with Gasteiger partial charge in [-0.3, -0.25) is 4.79 Å². The normalized spacial score (nSPS) is 13.0. The van der Waals surface area contributed by atoms with Gasteiger partial charge in [-0.1, -0.05) is 91.0 Å². The SMILES string of the molecule is C/C(=C\SC(C)NC(=O)N(CCCC(=O)N[C@@H](C)CN)CCC(c1ccccc1)c1ccccc1)c1ccccc1. The Hall–Kier alpha value is -3.55. The van der Waals surface area contributed by atoms with Crippen molar-refractivity contribution in [3.8, 4) is 0 Å². The number of benzene rings is 3. The quantitative estimate of drug-likeness (QED) is 0.179. The van der Waals surface area contributed by atoms with E-state index >= 15 is 0 Å². The van der Waals surface area contributed by atoms with Gasteiger partial charge in [0.25, 0.3) is 0 Å². The number of nitrogens with zero attached hydrogens (tertiary/aromatic N) is 1. The van der Waals surface area contributed by atoms with Gasteiger partial charge < -0.3 is 21.3 Å². The van der Waals surface area contributed by atoms with Crippen molar-refractivity contribution in [1.82, 2.24) is 15.5 Å². The van der Waals surface area contributed by atoms with Crippen LogP contribution in [-0.4, -0.2) is 47.9 Å². The molecule has 0 saturated carbocycles. The molecule has 0 bridgehead atoms. The third kappa shape index (κ3) is 11.1. The molecule has 6 nitrogen and oxygen atoms in total. The van der Waals surface area contributed by atoms with Crippen molar-refractivity contribution in [3.63, 3.8) is 0 Å². The van der Waals surface area contributed by atoms with Crippen LogP contribution in [0.5, 0.6) is 0 Å². The van der Waals surface area contributed by atoms with Crippen LogP contribution in [0.25, 0.3) is 5.57 Å². The molecule has 0 aromatic heterocycles. The Morgan fingerprint density at radius 2 is 1.41 bits per heavy atom. The first kappa shape index (κ1) is 32.0. The zero-order valence-corrected chi connectivity index (χ0v) is 25.3. The Labute approximate surface area is 249 Å². The summed E-state index contributed by atoms with van der Waals surface area (Å²) in [7, 11) is 0. The van der Waals surface area contributed by atoms with Gasteiger partial charge in [-0.25, -0.2) is 4.79 Å². The molecule has 1 unspecified atom stereocenters. The molecule has 7 heteroatoms. The van der Waals surface area contributed by atoms with Crippen LogP contribution >= 0.6 is 11.8 Å². The second-order valence-corrected chi connectivity index (χ2v) is 11.6. The van der Waals surface area contributed by atoms with Crippen molar-refractivity contribution < 1.29 is 9.59 Å². The van der Waals surface area contributed by atoms with Crippen LogP contribution in [0.15, 0.2) is 96.4 Å². The van der Waals surface area contributed by atoms with Crippen LogP contribution in [0.2, 0.25) is 0 Å². The van der Waals surface area contributed by atoms with E-state index in [0.717, 1.165) is 17.6 Å². The Morgan fingerprint density at radius 1 is 0.854 bits per heavy atom. The number of amides is 3. The number of allylic oxidation sites excluding steroid dienone is 1. The summed E-state index contributed by atoms with van der Waals surface area (Å²) < 4.78 is 0. The van der Waals surface area contributed by atoms with Gasteiger partial charge >= 0.3 is 6.03 Å². The maximum absolute atomic E-state index is 13.5. The van der Waals surface area contributed by atoms with E-state index in [4.69, 9.17) is 5.73 Å². The highest BCUT2D eigenvalue weighted by Gasteiger charge is 2.20. The topological polar surface area (TPSA) is 87.5 Å². The molecule has 0 fully saturated rings. The molecule has 41 heavy (non-hydrogen) atoms. The predicted octanol–water partition coefficient (Wildman–Crippen LogP) is 6.60. The van der Waals surface area contributed by atoms with Crippen LogP contribution in [0.4, 0.5) is 4.79 Å². The third-order valence-electron chi connectivity index (χ3n) is 6.98. The van der Waals surface area contributed by atoms with Gasteiger partial charge in [0.1, 0.15) is 0 Å². The molecule has 0 aliphatic rings. The molecule has 3 amide bonds. The lowest BCUT2D eigenvalue weighted by molar-refractivity contribution is -0.121. The standard InChI is InChI=1S/C34H44N4O2S/c1-26(29-14-7-4-8-15-29)25-41-28(3)37-34(40)38(22-13-20-33(39)36-27(2)24-35)23-21-32(30-16-9-5-10-17-30)31-18-11-6-12-19-31/h4-12,14-19,25,27-28,32H,13,20-24,35H2,1-3H3,(H,36,39)(H,37,40)/b26-25+/t27-,28?/m0/s1. The summed E-state index contributed by atoms with van der Waals surface area (Å²) >= 11 is 1.58. The van der Waals surface area contributed by atoms with Crippen molar-refractivity contribution in [2.24, 2.45) is 5.73 Å². The molecule has 0 spiro atoms. The lowest BCUT2D eigenvalue weighted by atomic mass is 9.88. The van der Waals surface area contributed by atoms with Gasteiger partial charge in [0.05, 0.1) is 5.37 Å². The van der Waals surface area contributed by atoms with Crippen LogP contribution in [0.1, 0.15) is 62.6 Å². The van der Waals surface area contributed by atoms with Crippen LogP contribution in [0.3, 0.4) is 0 Å². The van der Waals surface area contributed by atoms with E-state index < -0.39 is 0 Å². The highest BCUT2D eigenvalue weighted by molar-refractivity contribution is 8.02. The van der Waals surface area contributed by atoms with E-state index in [1.54, 1.807) is 11.8 Å². The Balaban J connectivity index is 1.68. The molecule has 0 aliphatic carbocycles. The molecule has 0 aliphatic heterocycles. The summed E-state index contributed by atoms with van der Waals surface area (Å²) in [4.78, 5) is 27.7. The third-order valence-corrected chi connectivity index (χ3v) is 7.99. The van der Waals surface area contributed by atoms with E-state index in [9.17, 15) is 9.59 Å². The van der Waals surface area contributed by atoms with Gasteiger partial charge in [-0.2, -0.15) is 0 Å². The zero-order valence-electron chi connectivity index (χ0n) is 24.5. The second-order valence-electron chi connectivity index (χ2n) is 10.4. The minimum atomic E-state index is -0.119. The lowest BCUT2D eigenvalue weighted by Crippen LogP contribution is -2.44. The van der Waals surface area contributed by atoms with E-state index in [0.29, 0.717) is 32.5 Å². The fraction of sp³-hybridized carbons (Fsp3) is 0.353. The van der Waals surface area contributed by atoms with Crippen molar-refractivity contribution in [2.75, 3.05) is 19.6 Å². The Morgan fingerprint density at radius 3 is 1.98 bits per heavy atom. The molecule has 3 rings (SSSR count). The molecular formula is C34H44N4O2S. The van der Waals surface area contributed by atoms with Crippen molar-refractivity contribution in [2.45, 2.75) is 57.4 Å². The molecule has 0 radical (unpaired) electrons. The summed E-state index contributed by atoms with van der Waals surface area (Å²) in [6, 6.07) is 30.9. The number of rotatable bonds is 15. The number of carbonyl (C=O) groups excluding carboxylic acids is 2. The largest absolute Gasteiger partial charge is 0.352 e. The minimum Gasteiger partial charge on any atom is -0.352 e. The fourth-order valence-corrected chi connectivity index (χ4v) is 5.32. The first-order chi connectivity index (χ1) is 19.9. The maximum atomic E-state index is 13.5. The molecule has 4 N–H and O–H groups in total. The maximum Gasteiger partial charge on any atom is 0.318 e. The van der Waals surface area contributed by atoms with Crippen molar-refractivity contribution >= 4 is 29.3 Å². The Bertz CT molecular complexity index is 1180. The summed E-state index contributed by atoms with van der Waals surface area (Å²) in [6.45, 7) is 7.41. The summed E-state index contributed by atoms with van der Waals surface area (Å²) in [5.74, 6) is 0.116. The highest BCUT2D eigenvalue weighted by atomic mass is 32.2. The average Bonchev–Trinajstić information content (AvgIpc) is 3.00.